The highest BCUT2D eigenvalue weighted by Crippen LogP contribution is 2.27. The van der Waals surface area contributed by atoms with E-state index in [9.17, 15) is 31.9 Å². The van der Waals surface area contributed by atoms with Crippen LogP contribution in [0.4, 0.5) is 17.6 Å². The highest BCUT2D eigenvalue weighted by Gasteiger charge is 2.35. The summed E-state index contributed by atoms with van der Waals surface area (Å²) >= 11 is 0. The van der Waals surface area contributed by atoms with Gasteiger partial charge in [-0.1, -0.05) is 0 Å². The third-order valence-corrected chi connectivity index (χ3v) is 3.57. The number of ether oxygens (including phenoxy) is 1. The molecule has 0 saturated carbocycles. The number of carbonyl (C=O) groups excluding carboxylic acids is 1. The van der Waals surface area contributed by atoms with Crippen molar-refractivity contribution in [3.63, 3.8) is 0 Å². The van der Waals surface area contributed by atoms with Crippen LogP contribution in [0.3, 0.4) is 0 Å². The molecule has 0 N–H and O–H groups in total. The second-order valence-electron chi connectivity index (χ2n) is 5.46. The topological polar surface area (TPSA) is 94.1 Å². The monoisotopic (exact) mass is 397 g/mol. The van der Waals surface area contributed by atoms with E-state index in [2.05, 4.69) is 4.74 Å². The van der Waals surface area contributed by atoms with Gasteiger partial charge in [-0.2, -0.15) is 18.4 Å². The van der Waals surface area contributed by atoms with Crippen molar-refractivity contribution in [2.24, 2.45) is 7.05 Å². The highest BCUT2D eigenvalue weighted by atomic mass is 19.4. The molecule has 0 aliphatic heterocycles. The van der Waals surface area contributed by atoms with Crippen molar-refractivity contribution in [2.75, 3.05) is 0 Å². The molecule has 11 heteroatoms. The molecule has 0 radical (unpaired) electrons. The van der Waals surface area contributed by atoms with E-state index < -0.39 is 40.6 Å². The van der Waals surface area contributed by atoms with Gasteiger partial charge >= 0.3 is 17.8 Å². The van der Waals surface area contributed by atoms with Crippen LogP contribution in [0.15, 0.2) is 34.1 Å². The third-order valence-electron chi connectivity index (χ3n) is 3.57. The first-order valence-corrected chi connectivity index (χ1v) is 7.45. The molecule has 28 heavy (non-hydrogen) atoms. The SMILES string of the molecule is CC(=O)O/C=C\c1cc(-n2c(=O)cc(C(F)(F)F)n(C)c2=O)c(F)cc1C#N. The number of aromatic nitrogens is 2. The molecule has 1 aromatic heterocycles. The maximum Gasteiger partial charge on any atom is 0.431 e. The van der Waals surface area contributed by atoms with Crippen molar-refractivity contribution >= 4 is 12.0 Å². The molecule has 146 valence electrons. The molecular formula is C17H11F4N3O4. The predicted octanol–water partition coefficient (Wildman–Crippen LogP) is 2.10. The zero-order chi connectivity index (χ0) is 21.2. The quantitative estimate of drug-likeness (QED) is 0.449. The second kappa shape index (κ2) is 7.51. The Morgan fingerprint density at radius 3 is 2.43 bits per heavy atom. The molecule has 1 heterocycles. The first kappa shape index (κ1) is 20.6. The average molecular weight is 397 g/mol. The molecule has 2 aromatic rings. The number of nitriles is 1. The van der Waals surface area contributed by atoms with Crippen LogP contribution in [-0.4, -0.2) is 15.1 Å². The van der Waals surface area contributed by atoms with Crippen molar-refractivity contribution < 1.29 is 27.1 Å². The number of benzene rings is 1. The summed E-state index contributed by atoms with van der Waals surface area (Å²) in [6.45, 7) is 1.11. The number of esters is 1. The maximum atomic E-state index is 14.4. The lowest BCUT2D eigenvalue weighted by Crippen LogP contribution is -2.41. The molecule has 0 bridgehead atoms. The third kappa shape index (κ3) is 4.01. The van der Waals surface area contributed by atoms with Gasteiger partial charge in [-0.3, -0.25) is 14.2 Å². The minimum Gasteiger partial charge on any atom is -0.435 e. The number of rotatable bonds is 3. The zero-order valence-electron chi connectivity index (χ0n) is 14.4. The smallest absolute Gasteiger partial charge is 0.431 e. The molecule has 0 amide bonds. The Balaban J connectivity index is 2.76. The fourth-order valence-corrected chi connectivity index (χ4v) is 2.31. The molecule has 0 spiro atoms. The van der Waals surface area contributed by atoms with E-state index in [1.54, 1.807) is 6.07 Å². The Kier molecular flexibility index (Phi) is 5.54. The van der Waals surface area contributed by atoms with Gasteiger partial charge in [0.1, 0.15) is 11.5 Å². The average Bonchev–Trinajstić information content (AvgIpc) is 2.58. The van der Waals surface area contributed by atoms with Crippen LogP contribution in [-0.2, 0) is 22.8 Å². The summed E-state index contributed by atoms with van der Waals surface area (Å²) in [6, 6.07) is 3.44. The molecule has 0 aliphatic carbocycles. The van der Waals surface area contributed by atoms with E-state index >= 15 is 0 Å². The number of hydrogen-bond donors (Lipinski definition) is 0. The van der Waals surface area contributed by atoms with Crippen LogP contribution in [0.2, 0.25) is 0 Å². The summed E-state index contributed by atoms with van der Waals surface area (Å²) in [5.41, 5.74) is -5.26. The van der Waals surface area contributed by atoms with Gasteiger partial charge in [0.2, 0.25) is 0 Å². The Morgan fingerprint density at radius 2 is 1.89 bits per heavy atom. The standard InChI is InChI=1S/C17H11F4N3O4/c1-9(25)28-4-3-10-6-13(12(18)5-11(10)8-22)24-15(26)7-14(17(19,20)21)23(2)16(24)27/h3-7H,1-2H3/b4-3-. The highest BCUT2D eigenvalue weighted by molar-refractivity contribution is 5.68. The van der Waals surface area contributed by atoms with Crippen LogP contribution in [0, 0.1) is 17.1 Å². The minimum atomic E-state index is -4.96. The molecule has 0 aliphatic rings. The zero-order valence-corrected chi connectivity index (χ0v) is 14.4. The largest absolute Gasteiger partial charge is 0.435 e. The second-order valence-corrected chi connectivity index (χ2v) is 5.46. The maximum absolute atomic E-state index is 14.4. The van der Waals surface area contributed by atoms with Crippen molar-refractivity contribution in [1.29, 1.82) is 5.26 Å². The Bertz CT molecular complexity index is 1140. The Hall–Kier alpha value is -3.68. The molecule has 0 fully saturated rings. The fourth-order valence-electron chi connectivity index (χ4n) is 2.31. The van der Waals surface area contributed by atoms with E-state index in [1.807, 2.05) is 0 Å². The van der Waals surface area contributed by atoms with E-state index in [4.69, 9.17) is 5.26 Å². The van der Waals surface area contributed by atoms with Gasteiger partial charge in [-0.25, -0.2) is 13.8 Å². The lowest BCUT2D eigenvalue weighted by molar-refractivity contribution is -0.144. The van der Waals surface area contributed by atoms with E-state index in [1.165, 1.54) is 0 Å². The number of carbonyl (C=O) groups is 1. The lowest BCUT2D eigenvalue weighted by atomic mass is 10.1. The minimum absolute atomic E-state index is 0.0333. The first-order chi connectivity index (χ1) is 13.0. The first-order valence-electron chi connectivity index (χ1n) is 7.45. The van der Waals surface area contributed by atoms with Gasteiger partial charge < -0.3 is 4.74 Å². The summed E-state index contributed by atoms with van der Waals surface area (Å²) in [5, 5.41) is 9.07. The van der Waals surface area contributed by atoms with E-state index in [0.717, 1.165) is 32.4 Å². The summed E-state index contributed by atoms with van der Waals surface area (Å²) in [7, 11) is 0.782. The van der Waals surface area contributed by atoms with Crippen molar-refractivity contribution in [1.82, 2.24) is 9.13 Å². The van der Waals surface area contributed by atoms with Crippen LogP contribution in [0.25, 0.3) is 11.8 Å². The van der Waals surface area contributed by atoms with Crippen LogP contribution >= 0.6 is 0 Å². The van der Waals surface area contributed by atoms with Gasteiger partial charge in [0.05, 0.1) is 23.6 Å². The van der Waals surface area contributed by atoms with Gasteiger partial charge in [0.25, 0.3) is 5.56 Å². The number of alkyl halides is 3. The van der Waals surface area contributed by atoms with Gasteiger partial charge in [-0.05, 0) is 23.8 Å². The molecule has 7 nitrogen and oxygen atoms in total. The lowest BCUT2D eigenvalue weighted by Gasteiger charge is -2.14. The van der Waals surface area contributed by atoms with Crippen molar-refractivity contribution in [3.05, 3.63) is 67.9 Å². The van der Waals surface area contributed by atoms with E-state index in [-0.39, 0.29) is 26.3 Å². The van der Waals surface area contributed by atoms with Crippen molar-refractivity contribution in [3.8, 4) is 11.8 Å². The van der Waals surface area contributed by atoms with E-state index in [0.29, 0.717) is 6.07 Å². The Labute approximate surface area is 154 Å². The fraction of sp³-hybridized carbons (Fsp3) is 0.176. The van der Waals surface area contributed by atoms with Gasteiger partial charge in [-0.15, -0.1) is 0 Å². The number of hydrogen-bond acceptors (Lipinski definition) is 5. The normalized spacial score (nSPS) is 11.5. The molecule has 1 aromatic carbocycles. The Morgan fingerprint density at radius 1 is 1.25 bits per heavy atom. The number of halogens is 4. The predicted molar refractivity (Wildman–Crippen MR) is 87.8 cm³/mol. The van der Waals surface area contributed by atoms with Crippen LogP contribution < -0.4 is 11.2 Å². The van der Waals surface area contributed by atoms with Crippen LogP contribution in [0.1, 0.15) is 23.7 Å². The molecule has 0 unspecified atom stereocenters. The van der Waals surface area contributed by atoms with Crippen LogP contribution in [0.5, 0.6) is 0 Å². The number of nitrogens with zero attached hydrogens (tertiary/aromatic N) is 3. The summed E-state index contributed by atoms with van der Waals surface area (Å²) in [6.07, 6.45) is -2.97. The molecule has 0 saturated heterocycles. The molecule has 0 atom stereocenters. The molecule has 2 rings (SSSR count). The van der Waals surface area contributed by atoms with Crippen molar-refractivity contribution in [2.45, 2.75) is 13.1 Å². The molecular weight excluding hydrogens is 386 g/mol. The van der Waals surface area contributed by atoms with Gasteiger partial charge in [0, 0.05) is 20.0 Å². The summed E-state index contributed by atoms with van der Waals surface area (Å²) in [4.78, 5) is 35.2. The summed E-state index contributed by atoms with van der Waals surface area (Å²) < 4.78 is 58.1. The van der Waals surface area contributed by atoms with Gasteiger partial charge in [0.15, 0.2) is 0 Å². The summed E-state index contributed by atoms with van der Waals surface area (Å²) in [5.74, 6) is -1.86.